The highest BCUT2D eigenvalue weighted by Crippen LogP contribution is 2.28. The molecule has 0 heterocycles. The van der Waals surface area contributed by atoms with E-state index in [9.17, 15) is 9.59 Å². The Kier molecular flexibility index (Phi) is 10.5. The van der Waals surface area contributed by atoms with Gasteiger partial charge in [-0.2, -0.15) is 0 Å². The standard InChI is InChI=1S/C26H36N2O5/c1-6-31-23-15-12-21(16-24(23)32-7-2)26(30)27-17-25(29)28-19(5)8-9-20-10-13-22(14-11-20)33-18(3)4/h10-16,18-19H,6-9,17H2,1-5H3,(H,27,30)(H,28,29). The minimum absolute atomic E-state index is 0.0176. The molecule has 33 heavy (non-hydrogen) atoms. The number of amides is 2. The molecule has 0 aromatic heterocycles. The zero-order chi connectivity index (χ0) is 24.2. The number of benzene rings is 2. The minimum atomic E-state index is -0.342. The molecule has 180 valence electrons. The van der Waals surface area contributed by atoms with Gasteiger partial charge in [-0.3, -0.25) is 9.59 Å². The zero-order valence-corrected chi connectivity index (χ0v) is 20.3. The molecular formula is C26H36N2O5. The molecule has 0 saturated carbocycles. The summed E-state index contributed by atoms with van der Waals surface area (Å²) in [5.74, 6) is 1.38. The third-order valence-electron chi connectivity index (χ3n) is 4.78. The van der Waals surface area contributed by atoms with Crippen molar-refractivity contribution in [3.05, 3.63) is 53.6 Å². The van der Waals surface area contributed by atoms with Crippen LogP contribution in [0.25, 0.3) is 0 Å². The third-order valence-corrected chi connectivity index (χ3v) is 4.78. The molecule has 0 aliphatic carbocycles. The van der Waals surface area contributed by atoms with Crippen LogP contribution in [0.4, 0.5) is 0 Å². The lowest BCUT2D eigenvalue weighted by Gasteiger charge is -2.15. The maximum Gasteiger partial charge on any atom is 0.251 e. The first-order valence-corrected chi connectivity index (χ1v) is 11.5. The SMILES string of the molecule is CCOc1ccc(C(=O)NCC(=O)NC(C)CCc2ccc(OC(C)C)cc2)cc1OCC. The Labute approximate surface area is 196 Å². The van der Waals surface area contributed by atoms with Crippen molar-refractivity contribution in [2.24, 2.45) is 0 Å². The van der Waals surface area contributed by atoms with E-state index in [1.165, 1.54) is 5.56 Å². The average molecular weight is 457 g/mol. The highest BCUT2D eigenvalue weighted by Gasteiger charge is 2.14. The van der Waals surface area contributed by atoms with Crippen LogP contribution in [0.3, 0.4) is 0 Å². The Morgan fingerprint density at radius 2 is 1.58 bits per heavy atom. The van der Waals surface area contributed by atoms with Crippen LogP contribution in [0.1, 0.15) is 57.0 Å². The van der Waals surface area contributed by atoms with E-state index in [0.29, 0.717) is 30.3 Å². The molecule has 0 radical (unpaired) electrons. The fourth-order valence-corrected chi connectivity index (χ4v) is 3.24. The molecule has 1 unspecified atom stereocenters. The topological polar surface area (TPSA) is 85.9 Å². The summed E-state index contributed by atoms with van der Waals surface area (Å²) in [6, 6.07) is 13.0. The first-order valence-electron chi connectivity index (χ1n) is 11.5. The second-order valence-corrected chi connectivity index (χ2v) is 8.03. The molecule has 0 aliphatic heterocycles. The number of aryl methyl sites for hydroxylation is 1. The summed E-state index contributed by atoms with van der Waals surface area (Å²) >= 11 is 0. The molecule has 2 rings (SSSR count). The van der Waals surface area contributed by atoms with E-state index in [2.05, 4.69) is 10.6 Å². The van der Waals surface area contributed by atoms with E-state index in [1.807, 2.05) is 58.9 Å². The third kappa shape index (κ3) is 9.04. The van der Waals surface area contributed by atoms with Gasteiger partial charge in [0.25, 0.3) is 5.91 Å². The van der Waals surface area contributed by atoms with Gasteiger partial charge in [-0.25, -0.2) is 0 Å². The summed E-state index contributed by atoms with van der Waals surface area (Å²) in [7, 11) is 0. The minimum Gasteiger partial charge on any atom is -0.491 e. The van der Waals surface area contributed by atoms with Gasteiger partial charge in [0.1, 0.15) is 5.75 Å². The van der Waals surface area contributed by atoms with Gasteiger partial charge in [0.15, 0.2) is 11.5 Å². The van der Waals surface area contributed by atoms with Crippen LogP contribution in [-0.2, 0) is 11.2 Å². The fraction of sp³-hybridized carbons (Fsp3) is 0.462. The van der Waals surface area contributed by atoms with E-state index in [0.717, 1.165) is 18.6 Å². The van der Waals surface area contributed by atoms with E-state index in [-0.39, 0.29) is 30.5 Å². The molecule has 0 bridgehead atoms. The van der Waals surface area contributed by atoms with Gasteiger partial charge in [-0.05, 0) is 83.4 Å². The van der Waals surface area contributed by atoms with Crippen LogP contribution < -0.4 is 24.8 Å². The smallest absolute Gasteiger partial charge is 0.251 e. The Bertz CT molecular complexity index is 896. The van der Waals surface area contributed by atoms with Crippen molar-refractivity contribution >= 4 is 11.8 Å². The van der Waals surface area contributed by atoms with Crippen molar-refractivity contribution in [1.82, 2.24) is 10.6 Å². The highest BCUT2D eigenvalue weighted by molar-refractivity contribution is 5.97. The summed E-state index contributed by atoms with van der Waals surface area (Å²) in [6.07, 6.45) is 1.77. The lowest BCUT2D eigenvalue weighted by atomic mass is 10.1. The second kappa shape index (κ2) is 13.4. The molecule has 2 aromatic rings. The number of ether oxygens (including phenoxy) is 3. The van der Waals surface area contributed by atoms with Crippen LogP contribution in [-0.4, -0.2) is 43.7 Å². The van der Waals surface area contributed by atoms with Crippen LogP contribution in [0.2, 0.25) is 0 Å². The quantitative estimate of drug-likeness (QED) is 0.473. The van der Waals surface area contributed by atoms with Crippen molar-refractivity contribution < 1.29 is 23.8 Å². The summed E-state index contributed by atoms with van der Waals surface area (Å²) in [4.78, 5) is 24.7. The first kappa shape index (κ1) is 26.0. The Hall–Kier alpha value is -3.22. The molecule has 7 nitrogen and oxygen atoms in total. The van der Waals surface area contributed by atoms with Crippen LogP contribution in [0.5, 0.6) is 17.2 Å². The Balaban J connectivity index is 1.78. The van der Waals surface area contributed by atoms with E-state index in [1.54, 1.807) is 18.2 Å². The molecule has 7 heteroatoms. The second-order valence-electron chi connectivity index (χ2n) is 8.03. The van der Waals surface area contributed by atoms with Gasteiger partial charge in [0, 0.05) is 11.6 Å². The van der Waals surface area contributed by atoms with E-state index in [4.69, 9.17) is 14.2 Å². The van der Waals surface area contributed by atoms with Gasteiger partial charge in [-0.1, -0.05) is 12.1 Å². The molecule has 2 N–H and O–H groups in total. The van der Waals surface area contributed by atoms with E-state index >= 15 is 0 Å². The molecule has 1 atom stereocenters. The number of nitrogens with one attached hydrogen (secondary N) is 2. The van der Waals surface area contributed by atoms with Crippen LogP contribution in [0, 0.1) is 0 Å². The summed E-state index contributed by atoms with van der Waals surface area (Å²) in [5, 5.41) is 5.59. The van der Waals surface area contributed by atoms with Crippen molar-refractivity contribution in [1.29, 1.82) is 0 Å². The van der Waals surface area contributed by atoms with Gasteiger partial charge in [-0.15, -0.1) is 0 Å². The van der Waals surface area contributed by atoms with Crippen LogP contribution >= 0.6 is 0 Å². The molecule has 0 fully saturated rings. The van der Waals surface area contributed by atoms with Crippen molar-refractivity contribution in [3.8, 4) is 17.2 Å². The molecule has 0 aliphatic rings. The molecule has 0 spiro atoms. The number of hydrogen-bond donors (Lipinski definition) is 2. The maximum absolute atomic E-state index is 12.5. The Morgan fingerprint density at radius 3 is 2.21 bits per heavy atom. The summed E-state index contributed by atoms with van der Waals surface area (Å²) < 4.78 is 16.7. The highest BCUT2D eigenvalue weighted by atomic mass is 16.5. The molecular weight excluding hydrogens is 420 g/mol. The number of rotatable bonds is 13. The van der Waals surface area contributed by atoms with Gasteiger partial charge >= 0.3 is 0 Å². The van der Waals surface area contributed by atoms with Crippen LogP contribution in [0.15, 0.2) is 42.5 Å². The zero-order valence-electron chi connectivity index (χ0n) is 20.3. The lowest BCUT2D eigenvalue weighted by molar-refractivity contribution is -0.120. The summed E-state index contributed by atoms with van der Waals surface area (Å²) in [5.41, 5.74) is 1.59. The predicted molar refractivity (Wildman–Crippen MR) is 129 cm³/mol. The largest absolute Gasteiger partial charge is 0.491 e. The number of carbonyl (C=O) groups is 2. The van der Waals surface area contributed by atoms with Crippen molar-refractivity contribution in [2.75, 3.05) is 19.8 Å². The van der Waals surface area contributed by atoms with Crippen molar-refractivity contribution in [3.63, 3.8) is 0 Å². The van der Waals surface area contributed by atoms with Crippen molar-refractivity contribution in [2.45, 2.75) is 59.6 Å². The maximum atomic E-state index is 12.5. The first-order chi connectivity index (χ1) is 15.8. The molecule has 0 saturated heterocycles. The van der Waals surface area contributed by atoms with E-state index < -0.39 is 0 Å². The lowest BCUT2D eigenvalue weighted by Crippen LogP contribution is -2.41. The molecule has 2 amide bonds. The molecule has 2 aromatic carbocycles. The Morgan fingerprint density at radius 1 is 0.909 bits per heavy atom. The fourth-order valence-electron chi connectivity index (χ4n) is 3.24. The summed E-state index contributed by atoms with van der Waals surface area (Å²) in [6.45, 7) is 10.6. The van der Waals surface area contributed by atoms with Gasteiger partial charge in [0.2, 0.25) is 5.91 Å². The monoisotopic (exact) mass is 456 g/mol. The predicted octanol–water partition coefficient (Wildman–Crippen LogP) is 4.14. The van der Waals surface area contributed by atoms with Gasteiger partial charge in [0.05, 0.1) is 25.9 Å². The van der Waals surface area contributed by atoms with Gasteiger partial charge < -0.3 is 24.8 Å². The number of carbonyl (C=O) groups excluding carboxylic acids is 2. The average Bonchev–Trinajstić information content (AvgIpc) is 2.78. The number of hydrogen-bond acceptors (Lipinski definition) is 5. The normalized spacial score (nSPS) is 11.6.